The van der Waals surface area contributed by atoms with E-state index in [1.165, 1.54) is 31.0 Å². The molecule has 1 aliphatic rings. The summed E-state index contributed by atoms with van der Waals surface area (Å²) in [5, 5.41) is 13.8. The molecular formula is C21H25N3O3. The molecule has 27 heavy (non-hydrogen) atoms. The molecule has 0 atom stereocenters. The summed E-state index contributed by atoms with van der Waals surface area (Å²) in [4.78, 5) is 25.2. The van der Waals surface area contributed by atoms with E-state index in [0.717, 1.165) is 25.1 Å². The van der Waals surface area contributed by atoms with Gasteiger partial charge in [-0.15, -0.1) is 0 Å². The van der Waals surface area contributed by atoms with E-state index in [1.807, 2.05) is 0 Å². The van der Waals surface area contributed by atoms with Crippen LogP contribution in [0, 0.1) is 17.0 Å². The largest absolute Gasteiger partial charge is 0.372 e. The maximum atomic E-state index is 12.2. The average molecular weight is 367 g/mol. The minimum absolute atomic E-state index is 0.0315. The van der Waals surface area contributed by atoms with Crippen LogP contribution in [0.4, 0.5) is 11.4 Å². The number of anilines is 1. The van der Waals surface area contributed by atoms with Gasteiger partial charge in [0.2, 0.25) is 0 Å². The molecule has 0 radical (unpaired) electrons. The van der Waals surface area contributed by atoms with E-state index < -0.39 is 4.92 Å². The molecule has 142 valence electrons. The summed E-state index contributed by atoms with van der Waals surface area (Å²) in [5.41, 5.74) is 3.24. The second-order valence-electron chi connectivity index (χ2n) is 6.98. The number of nitrogens with one attached hydrogen (secondary N) is 1. The van der Waals surface area contributed by atoms with E-state index in [9.17, 15) is 14.9 Å². The highest BCUT2D eigenvalue weighted by atomic mass is 16.6. The lowest BCUT2D eigenvalue weighted by molar-refractivity contribution is -0.385. The Morgan fingerprint density at radius 1 is 1.11 bits per heavy atom. The second kappa shape index (κ2) is 8.66. The van der Waals surface area contributed by atoms with Gasteiger partial charge in [0.25, 0.3) is 11.6 Å². The number of nitro benzene ring substituents is 1. The van der Waals surface area contributed by atoms with Crippen molar-refractivity contribution in [3.63, 3.8) is 0 Å². The molecule has 0 unspecified atom stereocenters. The van der Waals surface area contributed by atoms with E-state index in [4.69, 9.17) is 0 Å². The minimum Gasteiger partial charge on any atom is -0.372 e. The highest BCUT2D eigenvalue weighted by Gasteiger charge is 2.15. The van der Waals surface area contributed by atoms with E-state index >= 15 is 0 Å². The van der Waals surface area contributed by atoms with Crippen LogP contribution >= 0.6 is 0 Å². The van der Waals surface area contributed by atoms with Crippen molar-refractivity contribution in [1.82, 2.24) is 5.32 Å². The van der Waals surface area contributed by atoms with Gasteiger partial charge >= 0.3 is 0 Å². The Kier molecular flexibility index (Phi) is 6.06. The quantitative estimate of drug-likeness (QED) is 0.621. The van der Waals surface area contributed by atoms with Crippen LogP contribution in [-0.4, -0.2) is 30.5 Å². The summed E-state index contributed by atoms with van der Waals surface area (Å²) in [7, 11) is 0. The van der Waals surface area contributed by atoms with Crippen molar-refractivity contribution in [3.05, 3.63) is 69.3 Å². The van der Waals surface area contributed by atoms with Gasteiger partial charge in [-0.05, 0) is 56.4 Å². The van der Waals surface area contributed by atoms with E-state index in [2.05, 4.69) is 34.5 Å². The van der Waals surface area contributed by atoms with Crippen LogP contribution < -0.4 is 10.2 Å². The number of aryl methyl sites for hydroxylation is 1. The third-order valence-electron chi connectivity index (χ3n) is 5.02. The SMILES string of the molecule is Cc1ccc(C(=O)NCCc2ccc(N3CCCCC3)cc2)cc1[N+](=O)[O-]. The Labute approximate surface area is 159 Å². The topological polar surface area (TPSA) is 75.5 Å². The number of piperidine rings is 1. The Hall–Kier alpha value is -2.89. The van der Waals surface area contributed by atoms with E-state index in [0.29, 0.717) is 17.7 Å². The van der Waals surface area contributed by atoms with Crippen LogP contribution in [0.1, 0.15) is 40.7 Å². The molecule has 1 heterocycles. The normalized spacial score (nSPS) is 14.0. The summed E-state index contributed by atoms with van der Waals surface area (Å²) in [6, 6.07) is 13.0. The zero-order valence-corrected chi connectivity index (χ0v) is 15.6. The number of amides is 1. The van der Waals surface area contributed by atoms with Gasteiger partial charge in [-0.2, -0.15) is 0 Å². The summed E-state index contributed by atoms with van der Waals surface area (Å²) in [5.74, 6) is -0.289. The second-order valence-corrected chi connectivity index (χ2v) is 6.98. The molecule has 2 aromatic rings. The number of nitro groups is 1. The summed E-state index contributed by atoms with van der Waals surface area (Å²) in [6.07, 6.45) is 4.55. The lowest BCUT2D eigenvalue weighted by atomic mass is 10.1. The molecule has 1 saturated heterocycles. The Balaban J connectivity index is 1.52. The van der Waals surface area contributed by atoms with Crippen molar-refractivity contribution in [2.45, 2.75) is 32.6 Å². The predicted molar refractivity (Wildman–Crippen MR) is 106 cm³/mol. The smallest absolute Gasteiger partial charge is 0.273 e. The van der Waals surface area contributed by atoms with Crippen LogP contribution in [0.15, 0.2) is 42.5 Å². The summed E-state index contributed by atoms with van der Waals surface area (Å²) >= 11 is 0. The van der Waals surface area contributed by atoms with Gasteiger partial charge in [-0.1, -0.05) is 18.2 Å². The lowest BCUT2D eigenvalue weighted by Crippen LogP contribution is -2.29. The number of hydrogen-bond donors (Lipinski definition) is 1. The molecule has 6 nitrogen and oxygen atoms in total. The van der Waals surface area contributed by atoms with Crippen molar-refractivity contribution in [2.75, 3.05) is 24.5 Å². The molecule has 2 aromatic carbocycles. The van der Waals surface area contributed by atoms with Gasteiger partial charge in [0.15, 0.2) is 0 Å². The molecule has 3 rings (SSSR count). The van der Waals surface area contributed by atoms with Gasteiger partial charge < -0.3 is 10.2 Å². The molecule has 0 aliphatic carbocycles. The van der Waals surface area contributed by atoms with Crippen molar-refractivity contribution in [3.8, 4) is 0 Å². The first-order chi connectivity index (χ1) is 13.0. The first kappa shape index (κ1) is 18.9. The molecule has 1 aliphatic heterocycles. The fraction of sp³-hybridized carbons (Fsp3) is 0.381. The molecule has 0 saturated carbocycles. The number of rotatable bonds is 6. The van der Waals surface area contributed by atoms with Crippen molar-refractivity contribution >= 4 is 17.3 Å². The number of nitrogens with zero attached hydrogens (tertiary/aromatic N) is 2. The molecular weight excluding hydrogens is 342 g/mol. The van der Waals surface area contributed by atoms with Crippen molar-refractivity contribution < 1.29 is 9.72 Å². The molecule has 6 heteroatoms. The summed E-state index contributed by atoms with van der Waals surface area (Å²) in [6.45, 7) is 4.40. The van der Waals surface area contributed by atoms with Crippen LogP contribution in [0.3, 0.4) is 0 Å². The van der Waals surface area contributed by atoms with E-state index in [1.54, 1.807) is 19.1 Å². The first-order valence-corrected chi connectivity index (χ1v) is 9.42. The third kappa shape index (κ3) is 4.84. The molecule has 0 spiro atoms. The lowest BCUT2D eigenvalue weighted by Gasteiger charge is -2.28. The minimum atomic E-state index is -0.462. The van der Waals surface area contributed by atoms with Crippen LogP contribution in [0.5, 0.6) is 0 Å². The zero-order valence-electron chi connectivity index (χ0n) is 15.6. The molecule has 0 bridgehead atoms. The number of hydrogen-bond acceptors (Lipinski definition) is 4. The Bertz CT molecular complexity index is 812. The van der Waals surface area contributed by atoms with Crippen LogP contribution in [0.25, 0.3) is 0 Å². The standard InChI is InChI=1S/C21H25N3O3/c1-16-5-8-18(15-20(16)24(26)27)21(25)22-12-11-17-6-9-19(10-7-17)23-13-3-2-4-14-23/h5-10,15H,2-4,11-14H2,1H3,(H,22,25). The first-order valence-electron chi connectivity index (χ1n) is 9.42. The Morgan fingerprint density at radius 2 is 1.81 bits per heavy atom. The maximum absolute atomic E-state index is 12.2. The highest BCUT2D eigenvalue weighted by Crippen LogP contribution is 2.21. The number of carbonyl (C=O) groups excluding carboxylic acids is 1. The van der Waals surface area contributed by atoms with Crippen LogP contribution in [-0.2, 0) is 6.42 Å². The van der Waals surface area contributed by atoms with Crippen molar-refractivity contribution in [2.24, 2.45) is 0 Å². The Morgan fingerprint density at radius 3 is 2.48 bits per heavy atom. The van der Waals surface area contributed by atoms with Crippen LogP contribution in [0.2, 0.25) is 0 Å². The van der Waals surface area contributed by atoms with Gasteiger partial charge in [-0.3, -0.25) is 14.9 Å². The average Bonchev–Trinajstić information content (AvgIpc) is 2.69. The van der Waals surface area contributed by atoms with Crippen molar-refractivity contribution in [1.29, 1.82) is 0 Å². The monoisotopic (exact) mass is 367 g/mol. The van der Waals surface area contributed by atoms with Gasteiger partial charge in [-0.25, -0.2) is 0 Å². The highest BCUT2D eigenvalue weighted by molar-refractivity contribution is 5.95. The molecule has 1 N–H and O–H groups in total. The van der Waals surface area contributed by atoms with Gasteiger partial charge in [0.05, 0.1) is 4.92 Å². The van der Waals surface area contributed by atoms with Gasteiger partial charge in [0.1, 0.15) is 0 Å². The number of benzene rings is 2. The molecule has 1 amide bonds. The fourth-order valence-electron chi connectivity index (χ4n) is 3.40. The summed E-state index contributed by atoms with van der Waals surface area (Å²) < 4.78 is 0. The third-order valence-corrected chi connectivity index (χ3v) is 5.02. The molecule has 0 aromatic heterocycles. The molecule has 1 fully saturated rings. The van der Waals surface area contributed by atoms with E-state index in [-0.39, 0.29) is 11.6 Å². The fourth-order valence-corrected chi connectivity index (χ4v) is 3.40. The maximum Gasteiger partial charge on any atom is 0.273 e. The van der Waals surface area contributed by atoms with Gasteiger partial charge in [0, 0.05) is 42.5 Å². The predicted octanol–water partition coefficient (Wildman–Crippen LogP) is 3.87. The zero-order chi connectivity index (χ0) is 19.2. The number of carbonyl (C=O) groups is 1.